The number of fused-ring (bicyclic) bond motifs is 1. The number of benzene rings is 1. The van der Waals surface area contributed by atoms with Crippen molar-refractivity contribution in [2.75, 3.05) is 45.1 Å². The average molecular weight is 432 g/mol. The van der Waals surface area contributed by atoms with Gasteiger partial charge in [0.2, 0.25) is 11.8 Å². The summed E-state index contributed by atoms with van der Waals surface area (Å²) in [6.45, 7) is 3.79. The number of hydrogen-bond donors (Lipinski definition) is 0. The Balaban J connectivity index is 1.48. The molecule has 0 aliphatic carbocycles. The van der Waals surface area contributed by atoms with Gasteiger partial charge in [-0.15, -0.1) is 22.9 Å². The molecule has 2 aliphatic heterocycles. The summed E-state index contributed by atoms with van der Waals surface area (Å²) in [5.74, 6) is 0.0969. The normalized spacial score (nSPS) is 20.2. The number of hydrogen-bond acceptors (Lipinski definition) is 4. The van der Waals surface area contributed by atoms with Crippen molar-refractivity contribution in [3.05, 3.63) is 57.8 Å². The number of rotatable bonds is 4. The summed E-state index contributed by atoms with van der Waals surface area (Å²) < 4.78 is 0. The molecule has 1 fully saturated rings. The summed E-state index contributed by atoms with van der Waals surface area (Å²) in [5.41, 5.74) is 2.56. The molecule has 2 aliphatic rings. The highest BCUT2D eigenvalue weighted by Gasteiger charge is 2.32. The van der Waals surface area contributed by atoms with Gasteiger partial charge in [-0.3, -0.25) is 14.5 Å². The number of amides is 2. The Bertz CT molecular complexity index is 857. The number of carbonyl (C=O) groups is 2. The molecule has 7 heteroatoms. The Morgan fingerprint density at radius 1 is 0.966 bits per heavy atom. The van der Waals surface area contributed by atoms with Gasteiger partial charge < -0.3 is 9.80 Å². The van der Waals surface area contributed by atoms with Gasteiger partial charge in [0.1, 0.15) is 5.88 Å². The van der Waals surface area contributed by atoms with E-state index >= 15 is 0 Å². The summed E-state index contributed by atoms with van der Waals surface area (Å²) in [7, 11) is 0. The molecule has 1 aromatic heterocycles. The van der Waals surface area contributed by atoms with Crippen LogP contribution < -0.4 is 0 Å². The SMILES string of the molecule is O=C(CCl)N1CCCN(C(=O)CN2CCc3sccc3C2c2ccccc2)CC1. The molecule has 0 bridgehead atoms. The van der Waals surface area contributed by atoms with Crippen LogP contribution in [0.25, 0.3) is 0 Å². The molecular formula is C22H26ClN3O2S. The Labute approximate surface area is 180 Å². The summed E-state index contributed by atoms with van der Waals surface area (Å²) in [4.78, 5) is 32.4. The maximum Gasteiger partial charge on any atom is 0.237 e. The van der Waals surface area contributed by atoms with Gasteiger partial charge in [-0.25, -0.2) is 0 Å². The van der Waals surface area contributed by atoms with E-state index in [2.05, 4.69) is 40.6 Å². The Morgan fingerprint density at radius 3 is 2.41 bits per heavy atom. The van der Waals surface area contributed by atoms with Crippen LogP contribution in [0.15, 0.2) is 41.8 Å². The lowest BCUT2D eigenvalue weighted by Crippen LogP contribution is -2.45. The van der Waals surface area contributed by atoms with Crippen LogP contribution in [0.3, 0.4) is 0 Å². The Kier molecular flexibility index (Phi) is 6.53. The van der Waals surface area contributed by atoms with Crippen molar-refractivity contribution in [1.82, 2.24) is 14.7 Å². The van der Waals surface area contributed by atoms with Crippen molar-refractivity contribution in [3.8, 4) is 0 Å². The molecule has 1 unspecified atom stereocenters. The molecule has 0 saturated carbocycles. The Hall–Kier alpha value is -1.89. The molecular weight excluding hydrogens is 406 g/mol. The quantitative estimate of drug-likeness (QED) is 0.699. The summed E-state index contributed by atoms with van der Waals surface area (Å²) in [6, 6.07) is 12.8. The first-order valence-electron chi connectivity index (χ1n) is 10.1. The topological polar surface area (TPSA) is 43.9 Å². The van der Waals surface area contributed by atoms with Crippen LogP contribution in [0.4, 0.5) is 0 Å². The number of nitrogens with zero attached hydrogens (tertiary/aromatic N) is 3. The number of carbonyl (C=O) groups excluding carboxylic acids is 2. The van der Waals surface area contributed by atoms with Gasteiger partial charge in [0.25, 0.3) is 0 Å². The highest BCUT2D eigenvalue weighted by Crippen LogP contribution is 2.37. The second-order valence-electron chi connectivity index (χ2n) is 7.58. The van der Waals surface area contributed by atoms with Crippen molar-refractivity contribution in [1.29, 1.82) is 0 Å². The molecule has 4 rings (SSSR count). The summed E-state index contributed by atoms with van der Waals surface area (Å²) >= 11 is 7.51. The molecule has 1 aromatic carbocycles. The molecule has 0 spiro atoms. The molecule has 0 radical (unpaired) electrons. The number of halogens is 1. The van der Waals surface area contributed by atoms with E-state index in [-0.39, 0.29) is 23.7 Å². The maximum absolute atomic E-state index is 13.1. The first kappa shape index (κ1) is 20.4. The van der Waals surface area contributed by atoms with E-state index in [1.54, 1.807) is 4.90 Å². The zero-order chi connectivity index (χ0) is 20.2. The second-order valence-corrected chi connectivity index (χ2v) is 8.85. The van der Waals surface area contributed by atoms with E-state index in [0.29, 0.717) is 32.7 Å². The average Bonchev–Trinajstić information content (AvgIpc) is 3.09. The molecule has 2 amide bonds. The van der Waals surface area contributed by atoms with Crippen LogP contribution in [0, 0.1) is 0 Å². The first-order valence-corrected chi connectivity index (χ1v) is 11.6. The molecule has 1 saturated heterocycles. The highest BCUT2D eigenvalue weighted by molar-refractivity contribution is 7.10. The molecule has 0 N–H and O–H groups in total. The third kappa shape index (κ3) is 4.49. The van der Waals surface area contributed by atoms with Crippen LogP contribution >= 0.6 is 22.9 Å². The van der Waals surface area contributed by atoms with Crippen LogP contribution in [0.1, 0.15) is 28.5 Å². The van der Waals surface area contributed by atoms with E-state index < -0.39 is 0 Å². The second kappa shape index (κ2) is 9.28. The number of thiophene rings is 1. The smallest absolute Gasteiger partial charge is 0.237 e. The van der Waals surface area contributed by atoms with Gasteiger partial charge in [-0.05, 0) is 35.4 Å². The molecule has 3 heterocycles. The largest absolute Gasteiger partial charge is 0.340 e. The van der Waals surface area contributed by atoms with Gasteiger partial charge >= 0.3 is 0 Å². The van der Waals surface area contributed by atoms with Gasteiger partial charge in [-0.2, -0.15) is 0 Å². The fraction of sp³-hybridized carbons (Fsp3) is 0.455. The maximum atomic E-state index is 13.1. The lowest BCUT2D eigenvalue weighted by atomic mass is 9.93. The minimum absolute atomic E-state index is 0.00343. The molecule has 5 nitrogen and oxygen atoms in total. The minimum Gasteiger partial charge on any atom is -0.340 e. The minimum atomic E-state index is -0.0499. The van der Waals surface area contributed by atoms with Crippen LogP contribution in [0.2, 0.25) is 0 Å². The van der Waals surface area contributed by atoms with Gasteiger partial charge in [0, 0.05) is 37.6 Å². The zero-order valence-corrected chi connectivity index (χ0v) is 18.0. The van der Waals surface area contributed by atoms with Crippen molar-refractivity contribution < 1.29 is 9.59 Å². The predicted molar refractivity (Wildman–Crippen MR) is 116 cm³/mol. The summed E-state index contributed by atoms with van der Waals surface area (Å²) in [6.07, 6.45) is 1.78. The van der Waals surface area contributed by atoms with Crippen molar-refractivity contribution >= 4 is 34.8 Å². The third-order valence-electron chi connectivity index (χ3n) is 5.83. The van der Waals surface area contributed by atoms with E-state index in [1.807, 2.05) is 22.3 Å². The third-order valence-corrected chi connectivity index (χ3v) is 7.06. The van der Waals surface area contributed by atoms with Gasteiger partial charge in [-0.1, -0.05) is 30.3 Å². The van der Waals surface area contributed by atoms with Gasteiger partial charge in [0.15, 0.2) is 0 Å². The Morgan fingerprint density at radius 2 is 1.69 bits per heavy atom. The summed E-state index contributed by atoms with van der Waals surface area (Å²) in [5, 5.41) is 2.16. The monoisotopic (exact) mass is 431 g/mol. The molecule has 29 heavy (non-hydrogen) atoms. The van der Waals surface area contributed by atoms with E-state index in [4.69, 9.17) is 11.6 Å². The van der Waals surface area contributed by atoms with Crippen molar-refractivity contribution in [2.24, 2.45) is 0 Å². The lowest BCUT2D eigenvalue weighted by Gasteiger charge is -2.37. The standard InChI is InChI=1S/C22H26ClN3O2S/c23-15-20(27)24-9-4-10-25(13-12-24)21(28)16-26-11-7-19-18(8-14-29-19)22(26)17-5-2-1-3-6-17/h1-3,5-6,8,14,22H,4,7,9-13,15-16H2. The fourth-order valence-electron chi connectivity index (χ4n) is 4.34. The molecule has 2 aromatic rings. The first-order chi connectivity index (χ1) is 14.2. The molecule has 1 atom stereocenters. The predicted octanol–water partition coefficient (Wildman–Crippen LogP) is 3.00. The fourth-order valence-corrected chi connectivity index (χ4v) is 5.41. The van der Waals surface area contributed by atoms with E-state index in [9.17, 15) is 9.59 Å². The molecule has 154 valence electrons. The van der Waals surface area contributed by atoms with Crippen molar-refractivity contribution in [3.63, 3.8) is 0 Å². The van der Waals surface area contributed by atoms with Crippen LogP contribution in [-0.4, -0.2) is 71.7 Å². The highest BCUT2D eigenvalue weighted by atomic mass is 35.5. The zero-order valence-electron chi connectivity index (χ0n) is 16.4. The van der Waals surface area contributed by atoms with Crippen LogP contribution in [-0.2, 0) is 16.0 Å². The van der Waals surface area contributed by atoms with Gasteiger partial charge in [0.05, 0.1) is 12.6 Å². The van der Waals surface area contributed by atoms with E-state index in [0.717, 1.165) is 19.4 Å². The lowest BCUT2D eigenvalue weighted by molar-refractivity contribution is -0.133. The van der Waals surface area contributed by atoms with E-state index in [1.165, 1.54) is 16.0 Å². The van der Waals surface area contributed by atoms with Crippen molar-refractivity contribution in [2.45, 2.75) is 18.9 Å². The number of alkyl halides is 1. The van der Waals surface area contributed by atoms with Crippen LogP contribution in [0.5, 0.6) is 0 Å².